The second-order valence-corrected chi connectivity index (χ2v) is 15.8. The van der Waals surface area contributed by atoms with Gasteiger partial charge in [0, 0.05) is 42.6 Å². The molecule has 21 nitrogen and oxygen atoms in total. The zero-order chi connectivity index (χ0) is 41.7. The van der Waals surface area contributed by atoms with E-state index >= 15 is 0 Å². The van der Waals surface area contributed by atoms with Crippen LogP contribution in [0.25, 0.3) is 11.1 Å². The molecule has 0 aliphatic carbocycles. The summed E-state index contributed by atoms with van der Waals surface area (Å²) in [7, 11) is -5.28. The number of hydroxylamine groups is 2. The number of nitrogens with zero attached hydrogens (tertiary/aromatic N) is 4. The lowest BCUT2D eigenvalue weighted by Gasteiger charge is -2.51. The molecular formula is C34H43N9O12S2. The highest BCUT2D eigenvalue weighted by Gasteiger charge is 2.57. The highest BCUT2D eigenvalue weighted by Crippen LogP contribution is 2.37. The van der Waals surface area contributed by atoms with Crippen LogP contribution in [0.5, 0.6) is 5.75 Å². The normalized spacial score (nSPS) is 19.9. The van der Waals surface area contributed by atoms with E-state index in [0.717, 1.165) is 53.5 Å². The standard InChI is InChI=1S/C33H41N9O10S2.CH2O2/c1-32(2)27(29(44)42(32)52-54(47,48)49)39-28(43)26(22-17-53-31(35)38-22)40-51-33(3,30(45)46)24-8-5-20-12-19(4-7-23(20)50-24)21-6-9-25(37-11-10-34)41(16-21)15-18-13-36-14-18;2-1-3/h4,6-7,9,12,16-18,24,27,36H,5,8,10-11,13-15,34H2,1-3H3,(H5,35,38,39,43,45,46,47,48,49);1H,(H,2,3)/b40-26-;. The van der Waals surface area contributed by atoms with Crippen molar-refractivity contribution in [3.8, 4) is 16.9 Å². The maximum absolute atomic E-state index is 13.5. The molecule has 3 aromatic rings. The summed E-state index contributed by atoms with van der Waals surface area (Å²) in [4.78, 5) is 57.0. The molecule has 3 aliphatic heterocycles. The number of fused-ring (bicyclic) bond motifs is 1. The molecule has 2 fully saturated rings. The van der Waals surface area contributed by atoms with Crippen molar-refractivity contribution in [2.24, 2.45) is 16.8 Å². The number of rotatable bonds is 15. The average Bonchev–Trinajstić information content (AvgIpc) is 3.58. The number of carboxylic acids is 1. The van der Waals surface area contributed by atoms with E-state index in [-0.39, 0.29) is 23.7 Å². The van der Waals surface area contributed by atoms with E-state index in [9.17, 15) is 32.5 Å². The molecule has 1 aromatic carbocycles. The van der Waals surface area contributed by atoms with Crippen LogP contribution in [0.3, 0.4) is 0 Å². The first kappa shape index (κ1) is 42.7. The topological polar surface area (TPSA) is 314 Å². The highest BCUT2D eigenvalue weighted by molar-refractivity contribution is 7.80. The third kappa shape index (κ3) is 9.57. The molecule has 0 bridgehead atoms. The Morgan fingerprint density at radius 2 is 1.98 bits per heavy atom. The van der Waals surface area contributed by atoms with Crippen molar-refractivity contribution in [3.63, 3.8) is 0 Å². The fourth-order valence-corrected chi connectivity index (χ4v) is 7.33. The van der Waals surface area contributed by atoms with Gasteiger partial charge in [-0.1, -0.05) is 11.2 Å². The third-order valence-electron chi connectivity index (χ3n) is 9.60. The van der Waals surface area contributed by atoms with Crippen LogP contribution in [0, 0.1) is 5.92 Å². The number of β-lactam (4-membered cyclic amide) rings is 1. The Hall–Kier alpha value is -5.46. The number of benzene rings is 1. The van der Waals surface area contributed by atoms with Crippen molar-refractivity contribution in [2.75, 3.05) is 37.2 Å². The lowest BCUT2D eigenvalue weighted by Crippen LogP contribution is -2.76. The summed E-state index contributed by atoms with van der Waals surface area (Å²) in [5.41, 5.74) is 10.1. The minimum absolute atomic E-state index is 0.0584. The Morgan fingerprint density at radius 1 is 1.28 bits per heavy atom. The van der Waals surface area contributed by atoms with E-state index in [4.69, 9.17) is 30.9 Å². The van der Waals surface area contributed by atoms with Crippen molar-refractivity contribution in [2.45, 2.75) is 63.4 Å². The Kier molecular flexibility index (Phi) is 13.0. The number of hydrogen-bond acceptors (Lipinski definition) is 17. The van der Waals surface area contributed by atoms with Gasteiger partial charge in [-0.2, -0.15) is 9.35 Å². The summed E-state index contributed by atoms with van der Waals surface area (Å²) in [6, 6.07) is 8.39. The number of aromatic nitrogens is 2. The van der Waals surface area contributed by atoms with Crippen molar-refractivity contribution < 1.29 is 60.8 Å². The highest BCUT2D eigenvalue weighted by atomic mass is 32.3. The summed E-state index contributed by atoms with van der Waals surface area (Å²) in [6.07, 6.45) is 1.71. The lowest BCUT2D eigenvalue weighted by atomic mass is 9.84. The first-order valence-corrected chi connectivity index (χ1v) is 19.7. The Bertz CT molecular complexity index is 2140. The zero-order valence-electron chi connectivity index (χ0n) is 31.0. The molecule has 6 rings (SSSR count). The van der Waals surface area contributed by atoms with Crippen LogP contribution < -0.4 is 36.7 Å². The lowest BCUT2D eigenvalue weighted by molar-refractivity contribution is -0.690. The number of ether oxygens (including phenoxy) is 1. The fraction of sp³-hybridized carbons (Fsp3) is 0.441. The summed E-state index contributed by atoms with van der Waals surface area (Å²) in [6.45, 7) is 7.63. The molecule has 2 aromatic heterocycles. The maximum atomic E-state index is 13.5. The number of carboxylic acid groups (broad SMARTS) is 2. The van der Waals surface area contributed by atoms with Crippen LogP contribution in [0.1, 0.15) is 38.4 Å². The zero-order valence-corrected chi connectivity index (χ0v) is 32.7. The molecule has 0 radical (unpaired) electrons. The largest absolute Gasteiger partial charge is 0.724 e. The van der Waals surface area contributed by atoms with Crippen LogP contribution in [-0.4, -0.2) is 113 Å². The van der Waals surface area contributed by atoms with E-state index in [1.54, 1.807) is 6.07 Å². The van der Waals surface area contributed by atoms with Crippen LogP contribution in [-0.2, 0) is 51.7 Å². The van der Waals surface area contributed by atoms with Crippen LogP contribution in [0.2, 0.25) is 0 Å². The van der Waals surface area contributed by atoms with Gasteiger partial charge in [0.05, 0.1) is 24.8 Å². The van der Waals surface area contributed by atoms with Crippen molar-refractivity contribution >= 4 is 62.7 Å². The van der Waals surface area contributed by atoms with Crippen LogP contribution >= 0.6 is 11.3 Å². The molecule has 308 valence electrons. The summed E-state index contributed by atoms with van der Waals surface area (Å²) < 4.78 is 46.0. The van der Waals surface area contributed by atoms with E-state index in [1.165, 1.54) is 26.2 Å². The van der Waals surface area contributed by atoms with Crippen molar-refractivity contribution in [3.05, 3.63) is 53.2 Å². The van der Waals surface area contributed by atoms with E-state index in [0.29, 0.717) is 36.2 Å². The molecule has 5 heterocycles. The number of carbonyl (C=O) groups is 4. The van der Waals surface area contributed by atoms with Gasteiger partial charge in [-0.05, 0) is 62.9 Å². The molecule has 57 heavy (non-hydrogen) atoms. The number of aryl methyl sites for hydroxylation is 1. The first-order valence-electron chi connectivity index (χ1n) is 17.5. The van der Waals surface area contributed by atoms with Gasteiger partial charge in [-0.3, -0.25) is 19.7 Å². The number of aliphatic carboxylic acids is 1. The van der Waals surface area contributed by atoms with E-state index < -0.39 is 57.2 Å². The summed E-state index contributed by atoms with van der Waals surface area (Å²) in [5.74, 6) is -1.51. The Morgan fingerprint density at radius 3 is 2.56 bits per heavy atom. The fourth-order valence-electron chi connectivity index (χ4n) is 6.33. The second kappa shape index (κ2) is 17.4. The Labute approximate surface area is 330 Å². The average molecular weight is 834 g/mol. The number of pyridine rings is 1. The number of anilines is 2. The molecule has 2 amide bonds. The number of carbonyl (C=O) groups excluding carboxylic acids is 2. The van der Waals surface area contributed by atoms with Crippen LogP contribution in [0.4, 0.5) is 10.9 Å². The number of nitrogen functional groups attached to an aromatic ring is 1. The molecule has 3 aliphatic rings. The minimum Gasteiger partial charge on any atom is -0.724 e. The monoisotopic (exact) mass is 833 g/mol. The van der Waals surface area contributed by atoms with Crippen molar-refractivity contribution in [1.29, 1.82) is 0 Å². The van der Waals surface area contributed by atoms with Crippen LogP contribution in [0.15, 0.2) is 47.1 Å². The smallest absolute Gasteiger partial charge is 0.354 e. The predicted octanol–water partition coefficient (Wildman–Crippen LogP) is -0.574. The van der Waals surface area contributed by atoms with Gasteiger partial charge < -0.3 is 46.4 Å². The maximum Gasteiger partial charge on any atom is 0.354 e. The van der Waals surface area contributed by atoms with Gasteiger partial charge in [-0.25, -0.2) is 22.8 Å². The number of thiazole rings is 1. The predicted molar refractivity (Wildman–Crippen MR) is 201 cm³/mol. The summed E-state index contributed by atoms with van der Waals surface area (Å²) >= 11 is 0.967. The number of nitrogens with one attached hydrogen (secondary N) is 3. The first-order chi connectivity index (χ1) is 26.9. The van der Waals surface area contributed by atoms with E-state index in [2.05, 4.69) is 41.1 Å². The molecule has 0 spiro atoms. The third-order valence-corrected chi connectivity index (χ3v) is 10.6. The molecule has 3 atom stereocenters. The molecular weight excluding hydrogens is 791 g/mol. The Balaban J connectivity index is 0.00000200. The molecule has 9 N–H and O–H groups in total. The summed E-state index contributed by atoms with van der Waals surface area (Å²) in [5, 5.41) is 32.1. The van der Waals surface area contributed by atoms with Gasteiger partial charge in [0.25, 0.3) is 29.7 Å². The number of amides is 2. The SMILES string of the molecule is CC(O/N=C(\C(=O)NC1C(=O)N(OS(=O)(=O)[O-])C1(C)C)c1csc(N)n1)(C(=O)O)C1CCc2cc(-c3ccc(NCCN)[n+](CC4CNC4)c3)ccc2O1.O=CO. The number of oxime groups is 1. The second-order valence-electron chi connectivity index (χ2n) is 14.0. The molecule has 2 saturated heterocycles. The molecule has 23 heteroatoms. The van der Waals surface area contributed by atoms with E-state index in [1.807, 2.05) is 24.3 Å². The van der Waals surface area contributed by atoms with Gasteiger partial charge in [0.15, 0.2) is 16.9 Å². The van der Waals surface area contributed by atoms with Gasteiger partial charge in [0.1, 0.15) is 17.5 Å². The van der Waals surface area contributed by atoms with Gasteiger partial charge >= 0.3 is 5.97 Å². The van der Waals surface area contributed by atoms with Gasteiger partial charge in [-0.15, -0.1) is 11.3 Å². The number of hydrogen-bond donors (Lipinski definition) is 7. The quantitative estimate of drug-likeness (QED) is 0.0192. The minimum atomic E-state index is -5.28. The van der Waals surface area contributed by atoms with Crippen molar-refractivity contribution in [1.82, 2.24) is 20.7 Å². The molecule has 3 unspecified atom stereocenters. The van der Waals surface area contributed by atoms with Gasteiger partial charge in [0.2, 0.25) is 10.4 Å². The number of nitrogens with two attached hydrogens (primary N) is 2. The molecule has 0 saturated carbocycles.